The number of imidazole rings is 1. The summed E-state index contributed by atoms with van der Waals surface area (Å²) < 4.78 is 18.0. The van der Waals surface area contributed by atoms with Gasteiger partial charge in [0.15, 0.2) is 5.16 Å². The van der Waals surface area contributed by atoms with Crippen molar-refractivity contribution in [1.82, 2.24) is 9.97 Å². The van der Waals surface area contributed by atoms with Crippen LogP contribution < -0.4 is 0 Å². The summed E-state index contributed by atoms with van der Waals surface area (Å²) in [5.41, 5.74) is 2.53. The molecule has 0 radical (unpaired) electrons. The number of carbonyl (C=O) groups is 1. The maximum atomic E-state index is 13.3. The van der Waals surface area contributed by atoms with E-state index in [0.29, 0.717) is 10.9 Å². The number of hydrogen-bond acceptors (Lipinski definition) is 4. The first-order valence-corrected chi connectivity index (χ1v) is 7.13. The van der Waals surface area contributed by atoms with E-state index in [1.165, 1.54) is 36.7 Å². The van der Waals surface area contributed by atoms with Gasteiger partial charge >= 0.3 is 5.97 Å². The number of rotatable bonds is 3. The van der Waals surface area contributed by atoms with Crippen molar-refractivity contribution in [2.75, 3.05) is 7.11 Å². The van der Waals surface area contributed by atoms with E-state index in [1.54, 1.807) is 6.07 Å². The van der Waals surface area contributed by atoms with Gasteiger partial charge in [0.25, 0.3) is 0 Å². The highest BCUT2D eigenvalue weighted by Gasteiger charge is 2.25. The zero-order valence-corrected chi connectivity index (χ0v) is 11.7. The van der Waals surface area contributed by atoms with Crippen LogP contribution in [0.3, 0.4) is 0 Å². The SMILES string of the molecule is COC(=O)c1cnc(SC2CCc3ccc(F)cc32)[nH]1. The number of aromatic nitrogens is 2. The van der Waals surface area contributed by atoms with Crippen molar-refractivity contribution < 1.29 is 13.9 Å². The number of nitrogens with one attached hydrogen (secondary N) is 1. The molecule has 1 aromatic carbocycles. The molecule has 20 heavy (non-hydrogen) atoms. The van der Waals surface area contributed by atoms with Crippen LogP contribution >= 0.6 is 11.8 Å². The van der Waals surface area contributed by atoms with Crippen LogP contribution in [0.2, 0.25) is 0 Å². The Morgan fingerprint density at radius 2 is 2.40 bits per heavy atom. The molecule has 0 fully saturated rings. The molecule has 104 valence electrons. The highest BCUT2D eigenvalue weighted by atomic mass is 32.2. The lowest BCUT2D eigenvalue weighted by molar-refractivity contribution is 0.0594. The van der Waals surface area contributed by atoms with Crippen molar-refractivity contribution in [2.24, 2.45) is 0 Å². The van der Waals surface area contributed by atoms with Crippen molar-refractivity contribution in [3.8, 4) is 0 Å². The molecule has 0 amide bonds. The van der Waals surface area contributed by atoms with Crippen molar-refractivity contribution in [3.63, 3.8) is 0 Å². The summed E-state index contributed by atoms with van der Waals surface area (Å²) >= 11 is 1.51. The minimum Gasteiger partial charge on any atom is -0.464 e. The molecule has 1 atom stereocenters. The molecule has 3 rings (SSSR count). The fourth-order valence-corrected chi connectivity index (χ4v) is 3.50. The fraction of sp³-hybridized carbons (Fsp3) is 0.286. The zero-order chi connectivity index (χ0) is 14.1. The van der Waals surface area contributed by atoms with Gasteiger partial charge in [-0.3, -0.25) is 0 Å². The molecule has 1 aliphatic rings. The second-order valence-corrected chi connectivity index (χ2v) is 5.77. The quantitative estimate of drug-likeness (QED) is 0.883. The maximum Gasteiger partial charge on any atom is 0.356 e. The topological polar surface area (TPSA) is 55.0 Å². The Morgan fingerprint density at radius 1 is 1.55 bits per heavy atom. The Kier molecular flexibility index (Phi) is 3.48. The molecule has 1 heterocycles. The summed E-state index contributed by atoms with van der Waals surface area (Å²) in [4.78, 5) is 18.4. The van der Waals surface area contributed by atoms with E-state index in [2.05, 4.69) is 14.7 Å². The molecule has 4 nitrogen and oxygen atoms in total. The summed E-state index contributed by atoms with van der Waals surface area (Å²) in [5, 5.41) is 0.810. The Bertz CT molecular complexity index is 656. The smallest absolute Gasteiger partial charge is 0.356 e. The second kappa shape index (κ2) is 5.28. The molecule has 1 unspecified atom stereocenters. The molecule has 0 spiro atoms. The summed E-state index contributed by atoms with van der Waals surface area (Å²) in [6, 6.07) is 4.92. The number of fused-ring (bicyclic) bond motifs is 1. The van der Waals surface area contributed by atoms with Gasteiger partial charge in [-0.2, -0.15) is 0 Å². The summed E-state index contributed by atoms with van der Waals surface area (Å²) in [6.07, 6.45) is 3.34. The maximum absolute atomic E-state index is 13.3. The minimum absolute atomic E-state index is 0.164. The average molecular weight is 292 g/mol. The molecular weight excluding hydrogens is 279 g/mol. The van der Waals surface area contributed by atoms with E-state index in [0.717, 1.165) is 18.4 Å². The van der Waals surface area contributed by atoms with Crippen molar-refractivity contribution in [1.29, 1.82) is 0 Å². The van der Waals surface area contributed by atoms with Gasteiger partial charge in [-0.25, -0.2) is 14.2 Å². The number of benzene rings is 1. The number of methoxy groups -OCH3 is 1. The molecule has 0 aliphatic heterocycles. The van der Waals surface area contributed by atoms with Crippen LogP contribution in [0.25, 0.3) is 0 Å². The lowest BCUT2D eigenvalue weighted by Gasteiger charge is -2.09. The summed E-state index contributed by atoms with van der Waals surface area (Å²) in [5.74, 6) is -0.659. The van der Waals surface area contributed by atoms with Gasteiger partial charge in [0.1, 0.15) is 11.5 Å². The van der Waals surface area contributed by atoms with Crippen LogP contribution in [-0.2, 0) is 11.2 Å². The van der Waals surface area contributed by atoms with E-state index in [1.807, 2.05) is 6.07 Å². The highest BCUT2D eigenvalue weighted by molar-refractivity contribution is 7.99. The van der Waals surface area contributed by atoms with Gasteiger partial charge in [-0.05, 0) is 36.1 Å². The zero-order valence-electron chi connectivity index (χ0n) is 10.9. The monoisotopic (exact) mass is 292 g/mol. The van der Waals surface area contributed by atoms with Crippen LogP contribution in [0.1, 0.15) is 33.3 Å². The molecular formula is C14H13FN2O2S. The molecule has 1 aliphatic carbocycles. The third kappa shape index (κ3) is 2.43. The molecule has 0 bridgehead atoms. The van der Waals surface area contributed by atoms with E-state index >= 15 is 0 Å². The van der Waals surface area contributed by atoms with Crippen molar-refractivity contribution >= 4 is 17.7 Å². The second-order valence-electron chi connectivity index (χ2n) is 4.58. The Balaban J connectivity index is 1.79. The number of hydrogen-bond donors (Lipinski definition) is 1. The van der Waals surface area contributed by atoms with Crippen molar-refractivity contribution in [2.45, 2.75) is 23.2 Å². The number of ether oxygens (including phenoxy) is 1. The number of esters is 1. The minimum atomic E-state index is -0.442. The standard InChI is InChI=1S/C14H13FN2O2S/c1-19-13(18)11-7-16-14(17-11)20-12-5-3-8-2-4-9(15)6-10(8)12/h2,4,6-7,12H,3,5H2,1H3,(H,16,17). The molecule has 2 aromatic rings. The van der Waals surface area contributed by atoms with Gasteiger partial charge in [0, 0.05) is 5.25 Å². The summed E-state index contributed by atoms with van der Waals surface area (Å²) in [6.45, 7) is 0. The first kappa shape index (κ1) is 13.2. The highest BCUT2D eigenvalue weighted by Crippen LogP contribution is 2.43. The van der Waals surface area contributed by atoms with E-state index in [4.69, 9.17) is 0 Å². The Labute approximate surface area is 119 Å². The number of H-pyrrole nitrogens is 1. The van der Waals surface area contributed by atoms with Crippen LogP contribution in [0.4, 0.5) is 4.39 Å². The van der Waals surface area contributed by atoms with Gasteiger partial charge in [0.05, 0.1) is 13.3 Å². The van der Waals surface area contributed by atoms with Gasteiger partial charge in [0.2, 0.25) is 0 Å². The molecule has 1 N–H and O–H groups in total. The first-order valence-electron chi connectivity index (χ1n) is 6.25. The first-order chi connectivity index (χ1) is 9.67. The van der Waals surface area contributed by atoms with Crippen LogP contribution in [0.15, 0.2) is 29.6 Å². The van der Waals surface area contributed by atoms with Crippen LogP contribution in [0, 0.1) is 5.82 Å². The largest absolute Gasteiger partial charge is 0.464 e. The van der Waals surface area contributed by atoms with Gasteiger partial charge < -0.3 is 9.72 Å². The predicted octanol–water partition coefficient (Wildman–Crippen LogP) is 3.12. The van der Waals surface area contributed by atoms with Crippen LogP contribution in [-0.4, -0.2) is 23.0 Å². The number of thioether (sulfide) groups is 1. The lowest BCUT2D eigenvalue weighted by atomic mass is 10.1. The van der Waals surface area contributed by atoms with E-state index in [9.17, 15) is 9.18 Å². The van der Waals surface area contributed by atoms with E-state index < -0.39 is 5.97 Å². The normalized spacial score (nSPS) is 17.0. The Morgan fingerprint density at radius 3 is 3.20 bits per heavy atom. The number of carbonyl (C=O) groups excluding carboxylic acids is 1. The third-order valence-corrected chi connectivity index (χ3v) is 4.55. The molecule has 1 aromatic heterocycles. The van der Waals surface area contributed by atoms with Crippen LogP contribution in [0.5, 0.6) is 0 Å². The predicted molar refractivity (Wildman–Crippen MR) is 73.2 cm³/mol. The molecule has 0 saturated heterocycles. The number of aromatic amines is 1. The fourth-order valence-electron chi connectivity index (χ4n) is 2.37. The molecule has 0 saturated carbocycles. The number of halogens is 1. The average Bonchev–Trinajstić information content (AvgIpc) is 3.06. The lowest BCUT2D eigenvalue weighted by Crippen LogP contribution is -2.01. The van der Waals surface area contributed by atoms with Gasteiger partial charge in [-0.15, -0.1) is 0 Å². The Hall–Kier alpha value is -1.82. The van der Waals surface area contributed by atoms with Crippen molar-refractivity contribution in [3.05, 3.63) is 47.0 Å². The number of nitrogens with zero attached hydrogens (tertiary/aromatic N) is 1. The third-order valence-electron chi connectivity index (χ3n) is 3.34. The molecule has 6 heteroatoms. The van der Waals surface area contributed by atoms with E-state index in [-0.39, 0.29) is 11.1 Å². The summed E-state index contributed by atoms with van der Waals surface area (Å²) in [7, 11) is 1.33. The van der Waals surface area contributed by atoms with Gasteiger partial charge in [-0.1, -0.05) is 17.8 Å². The number of aryl methyl sites for hydroxylation is 1.